The molecule has 2 heteroatoms. The van der Waals surface area contributed by atoms with Crippen molar-refractivity contribution in [1.29, 1.82) is 0 Å². The lowest BCUT2D eigenvalue weighted by Crippen LogP contribution is -1.57. The minimum absolute atomic E-state index is 0.250. The molecule has 0 aliphatic carbocycles. The van der Waals surface area contributed by atoms with Crippen LogP contribution in [-0.2, 0) is 4.79 Å². The second kappa shape index (κ2) is 63.3. The van der Waals surface area contributed by atoms with Gasteiger partial charge in [0.15, 0.2) is 0 Å². The Hall–Kier alpha value is -0.370. The zero-order chi connectivity index (χ0) is 4.71. The summed E-state index contributed by atoms with van der Waals surface area (Å²) in [4.78, 5) is 8.00. The van der Waals surface area contributed by atoms with E-state index in [9.17, 15) is 0 Å². The van der Waals surface area contributed by atoms with Gasteiger partial charge >= 0.3 is 0 Å². The summed E-state index contributed by atoms with van der Waals surface area (Å²) in [7, 11) is 0. The van der Waals surface area contributed by atoms with Gasteiger partial charge in [-0.3, -0.25) is 0 Å². The second-order valence-corrected chi connectivity index (χ2v) is 0.316. The Morgan fingerprint density at radius 2 is 1.80 bits per heavy atom. The molecule has 0 aliphatic rings. The third-order valence-corrected chi connectivity index (χ3v) is 0. The lowest BCUT2D eigenvalue weighted by molar-refractivity contribution is -0.0979. The summed E-state index contributed by atoms with van der Waals surface area (Å²) in [5, 5.41) is 7.57. The first-order valence-corrected chi connectivity index (χ1v) is 1.31. The summed E-state index contributed by atoms with van der Waals surface area (Å²) < 4.78 is 0. The Labute approximate surface area is 31.4 Å². The van der Waals surface area contributed by atoms with E-state index in [0.29, 0.717) is 0 Å². The topological polar surface area (TPSA) is 37.3 Å². The number of aliphatic hydroxyl groups is 1. The van der Waals surface area contributed by atoms with E-state index in [4.69, 9.17) is 9.90 Å². The van der Waals surface area contributed by atoms with Gasteiger partial charge in [-0.15, -0.1) is 0 Å². The van der Waals surface area contributed by atoms with Gasteiger partial charge in [-0.25, -0.2) is 0 Å². The molecular weight excluding hydrogens is 68.0 g/mol. The SMILES string of the molecule is C=O.CCO. The van der Waals surface area contributed by atoms with Crippen molar-refractivity contribution in [1.82, 2.24) is 0 Å². The first kappa shape index (κ1) is 8.82. The van der Waals surface area contributed by atoms with Gasteiger partial charge in [0.1, 0.15) is 6.79 Å². The summed E-state index contributed by atoms with van der Waals surface area (Å²) in [5.41, 5.74) is 0. The maximum atomic E-state index is 8.00. The number of hydrogen-bond acceptors (Lipinski definition) is 2. The highest BCUT2D eigenvalue weighted by atomic mass is 16.2. The van der Waals surface area contributed by atoms with Crippen LogP contribution in [0.25, 0.3) is 0 Å². The van der Waals surface area contributed by atoms with Crippen LogP contribution in [0.3, 0.4) is 0 Å². The lowest BCUT2D eigenvalue weighted by Gasteiger charge is -1.52. The van der Waals surface area contributed by atoms with Gasteiger partial charge in [0, 0.05) is 6.61 Å². The molecule has 0 unspecified atom stereocenters. The van der Waals surface area contributed by atoms with Crippen LogP contribution in [0.2, 0.25) is 0 Å². The minimum atomic E-state index is 0.250. The Morgan fingerprint density at radius 1 is 1.80 bits per heavy atom. The molecule has 5 heavy (non-hydrogen) atoms. The highest BCUT2D eigenvalue weighted by Crippen LogP contribution is 1.30. The second-order valence-electron chi connectivity index (χ2n) is 0.316. The lowest BCUT2D eigenvalue weighted by atomic mass is 10.9. The van der Waals surface area contributed by atoms with E-state index in [0.717, 1.165) is 0 Å². The van der Waals surface area contributed by atoms with E-state index >= 15 is 0 Å². The van der Waals surface area contributed by atoms with Gasteiger partial charge < -0.3 is 9.90 Å². The molecule has 0 heterocycles. The third kappa shape index (κ3) is 70.4. The average Bonchev–Trinajstić information content (AvgIpc) is 1.46. The standard InChI is InChI=1S/C2H6O.CH2O/c1-2-3;1-2/h3H,2H2,1H3;1H2. The van der Waals surface area contributed by atoms with Crippen LogP contribution in [0, 0.1) is 0 Å². The Balaban J connectivity index is 0. The molecule has 0 radical (unpaired) electrons. The Bertz CT molecular complexity index is 8.85. The van der Waals surface area contributed by atoms with Crippen molar-refractivity contribution in [3.05, 3.63) is 0 Å². The van der Waals surface area contributed by atoms with Crippen molar-refractivity contribution in [2.45, 2.75) is 6.92 Å². The summed E-state index contributed by atoms with van der Waals surface area (Å²) in [6, 6.07) is 0. The van der Waals surface area contributed by atoms with Gasteiger partial charge in [-0.2, -0.15) is 0 Å². The molecule has 0 rings (SSSR count). The number of aliphatic hydroxyl groups excluding tert-OH is 1. The van der Waals surface area contributed by atoms with Crippen LogP contribution in [0.15, 0.2) is 0 Å². The average molecular weight is 76.1 g/mol. The molecular formula is C3H8O2. The van der Waals surface area contributed by atoms with Crippen molar-refractivity contribution in [2.24, 2.45) is 0 Å². The summed E-state index contributed by atoms with van der Waals surface area (Å²) >= 11 is 0. The maximum Gasteiger partial charge on any atom is 0.106 e. The fourth-order valence-corrected chi connectivity index (χ4v) is 0. The quantitative estimate of drug-likeness (QED) is 0.434. The van der Waals surface area contributed by atoms with Crippen LogP contribution in [0.5, 0.6) is 0 Å². The first-order chi connectivity index (χ1) is 2.41. The molecule has 0 aromatic heterocycles. The van der Waals surface area contributed by atoms with Crippen molar-refractivity contribution < 1.29 is 9.90 Å². The molecule has 0 aromatic carbocycles. The molecule has 0 saturated heterocycles. The van der Waals surface area contributed by atoms with Gasteiger partial charge in [0.2, 0.25) is 0 Å². The summed E-state index contributed by atoms with van der Waals surface area (Å²) in [6.07, 6.45) is 0. The Kier molecular flexibility index (Phi) is 112. The van der Waals surface area contributed by atoms with Crippen LogP contribution < -0.4 is 0 Å². The molecule has 0 fully saturated rings. The highest BCUT2D eigenvalue weighted by molar-refractivity contribution is 5.10. The van der Waals surface area contributed by atoms with Crippen molar-refractivity contribution in [3.63, 3.8) is 0 Å². The number of rotatable bonds is 0. The van der Waals surface area contributed by atoms with E-state index < -0.39 is 0 Å². The van der Waals surface area contributed by atoms with Gasteiger partial charge in [-0.05, 0) is 6.92 Å². The molecule has 0 atom stereocenters. The fraction of sp³-hybridized carbons (Fsp3) is 0.667. The number of carbonyl (C=O) groups excluding carboxylic acids is 1. The third-order valence-electron chi connectivity index (χ3n) is 0. The first-order valence-electron chi connectivity index (χ1n) is 1.31. The number of carbonyl (C=O) groups is 1. The molecule has 2 nitrogen and oxygen atoms in total. The molecule has 0 spiro atoms. The van der Waals surface area contributed by atoms with E-state index in [1.54, 1.807) is 6.92 Å². The van der Waals surface area contributed by atoms with Crippen LogP contribution >= 0.6 is 0 Å². The summed E-state index contributed by atoms with van der Waals surface area (Å²) in [5.74, 6) is 0. The normalized spacial score (nSPS) is 4.40. The van der Waals surface area contributed by atoms with E-state index in [1.165, 1.54) is 0 Å². The largest absolute Gasteiger partial charge is 0.397 e. The van der Waals surface area contributed by atoms with Crippen LogP contribution in [0.1, 0.15) is 6.92 Å². The predicted molar refractivity (Wildman–Crippen MR) is 19.9 cm³/mol. The van der Waals surface area contributed by atoms with Crippen molar-refractivity contribution >= 4 is 6.79 Å². The van der Waals surface area contributed by atoms with Crippen molar-refractivity contribution in [2.75, 3.05) is 6.61 Å². The molecule has 0 aliphatic heterocycles. The van der Waals surface area contributed by atoms with Gasteiger partial charge in [0.05, 0.1) is 0 Å². The smallest absolute Gasteiger partial charge is 0.106 e. The fourth-order valence-electron chi connectivity index (χ4n) is 0. The zero-order valence-electron chi connectivity index (χ0n) is 3.27. The zero-order valence-corrected chi connectivity index (χ0v) is 3.27. The maximum absolute atomic E-state index is 8.00. The predicted octanol–water partition coefficient (Wildman–Crippen LogP) is -0.186. The van der Waals surface area contributed by atoms with Gasteiger partial charge in [0.25, 0.3) is 0 Å². The minimum Gasteiger partial charge on any atom is -0.397 e. The monoisotopic (exact) mass is 76.1 g/mol. The van der Waals surface area contributed by atoms with Crippen LogP contribution in [-0.4, -0.2) is 18.5 Å². The molecule has 0 bridgehead atoms. The van der Waals surface area contributed by atoms with Crippen molar-refractivity contribution in [3.8, 4) is 0 Å². The van der Waals surface area contributed by atoms with Gasteiger partial charge in [-0.1, -0.05) is 0 Å². The van der Waals surface area contributed by atoms with Crippen LogP contribution in [0.4, 0.5) is 0 Å². The molecule has 0 saturated carbocycles. The van der Waals surface area contributed by atoms with E-state index in [-0.39, 0.29) is 6.61 Å². The van der Waals surface area contributed by atoms with E-state index in [1.807, 2.05) is 6.79 Å². The Morgan fingerprint density at radius 3 is 1.80 bits per heavy atom. The summed E-state index contributed by atoms with van der Waals surface area (Å²) in [6.45, 7) is 3.93. The molecule has 32 valence electrons. The number of hydrogen-bond donors (Lipinski definition) is 1. The molecule has 1 N–H and O–H groups in total. The molecule has 0 aromatic rings. The van der Waals surface area contributed by atoms with E-state index in [2.05, 4.69) is 0 Å². The molecule has 0 amide bonds. The highest BCUT2D eigenvalue weighted by Gasteiger charge is 1.34.